The number of pyridine rings is 1. The molecule has 2 heterocycles. The summed E-state index contributed by atoms with van der Waals surface area (Å²) >= 11 is 9.41. The molecular weight excluding hydrogens is 318 g/mol. The molecule has 1 N–H and O–H groups in total. The first-order valence-corrected chi connectivity index (χ1v) is 7.19. The van der Waals surface area contributed by atoms with Gasteiger partial charge in [0.2, 0.25) is 0 Å². The zero-order chi connectivity index (χ0) is 12.7. The maximum absolute atomic E-state index is 9.57. The predicted octanol–water partition coefficient (Wildman–Crippen LogP) is 3.32. The third-order valence-electron chi connectivity index (χ3n) is 3.53. The van der Waals surface area contributed by atoms with Crippen LogP contribution in [0.1, 0.15) is 31.7 Å². The standard InChI is InChI=1S/C12H13BrClN3O/c13-12-9-6-15-11(14)5-10(9)17(16-12)7-1-3-8(18)4-2-7/h5-8,18H,1-4H2. The number of aromatic nitrogens is 3. The Kier molecular flexibility index (Phi) is 3.30. The molecule has 2 aromatic heterocycles. The fourth-order valence-electron chi connectivity index (χ4n) is 2.55. The van der Waals surface area contributed by atoms with Crippen LogP contribution in [0.4, 0.5) is 0 Å². The molecule has 0 spiro atoms. The Bertz CT molecular complexity index is 578. The van der Waals surface area contributed by atoms with Crippen molar-refractivity contribution in [1.29, 1.82) is 0 Å². The van der Waals surface area contributed by atoms with Crippen molar-refractivity contribution in [1.82, 2.24) is 14.8 Å². The number of fused-ring (bicyclic) bond motifs is 1. The number of rotatable bonds is 1. The van der Waals surface area contributed by atoms with E-state index in [4.69, 9.17) is 11.6 Å². The van der Waals surface area contributed by atoms with Gasteiger partial charge in [-0.25, -0.2) is 4.98 Å². The molecule has 0 radical (unpaired) electrons. The van der Waals surface area contributed by atoms with Crippen molar-refractivity contribution < 1.29 is 5.11 Å². The molecule has 96 valence electrons. The van der Waals surface area contributed by atoms with Crippen molar-refractivity contribution in [3.63, 3.8) is 0 Å². The van der Waals surface area contributed by atoms with E-state index in [1.807, 2.05) is 10.7 Å². The Morgan fingerprint density at radius 3 is 2.78 bits per heavy atom. The monoisotopic (exact) mass is 329 g/mol. The second-order valence-corrected chi connectivity index (χ2v) is 5.86. The molecule has 1 saturated carbocycles. The molecule has 6 heteroatoms. The molecule has 0 aromatic carbocycles. The molecule has 0 saturated heterocycles. The van der Waals surface area contributed by atoms with E-state index >= 15 is 0 Å². The van der Waals surface area contributed by atoms with Crippen molar-refractivity contribution in [2.45, 2.75) is 37.8 Å². The zero-order valence-electron chi connectivity index (χ0n) is 9.68. The minimum Gasteiger partial charge on any atom is -0.393 e. The highest BCUT2D eigenvalue weighted by Gasteiger charge is 2.23. The van der Waals surface area contributed by atoms with E-state index in [0.717, 1.165) is 41.2 Å². The van der Waals surface area contributed by atoms with Gasteiger partial charge in [-0.05, 0) is 41.6 Å². The lowest BCUT2D eigenvalue weighted by molar-refractivity contribution is 0.109. The Hall–Kier alpha value is -0.650. The van der Waals surface area contributed by atoms with E-state index < -0.39 is 0 Å². The van der Waals surface area contributed by atoms with Crippen LogP contribution in [0.15, 0.2) is 16.9 Å². The molecule has 0 atom stereocenters. The lowest BCUT2D eigenvalue weighted by atomic mass is 9.93. The highest BCUT2D eigenvalue weighted by molar-refractivity contribution is 9.10. The average molecular weight is 331 g/mol. The van der Waals surface area contributed by atoms with Crippen LogP contribution < -0.4 is 0 Å². The van der Waals surface area contributed by atoms with Gasteiger partial charge in [0.05, 0.1) is 23.0 Å². The van der Waals surface area contributed by atoms with Crippen LogP contribution in [-0.2, 0) is 0 Å². The summed E-state index contributed by atoms with van der Waals surface area (Å²) in [7, 11) is 0. The van der Waals surface area contributed by atoms with Crippen LogP contribution in [0.25, 0.3) is 10.9 Å². The number of aliphatic hydroxyl groups is 1. The quantitative estimate of drug-likeness (QED) is 0.816. The molecule has 0 aliphatic heterocycles. The van der Waals surface area contributed by atoms with Gasteiger partial charge in [-0.1, -0.05) is 11.6 Å². The van der Waals surface area contributed by atoms with Crippen LogP contribution in [0.3, 0.4) is 0 Å². The van der Waals surface area contributed by atoms with Gasteiger partial charge < -0.3 is 5.11 Å². The van der Waals surface area contributed by atoms with Gasteiger partial charge >= 0.3 is 0 Å². The number of halogens is 2. The molecule has 4 nitrogen and oxygen atoms in total. The van der Waals surface area contributed by atoms with E-state index in [1.165, 1.54) is 0 Å². The molecule has 1 aliphatic rings. The van der Waals surface area contributed by atoms with Crippen molar-refractivity contribution in [3.8, 4) is 0 Å². The summed E-state index contributed by atoms with van der Waals surface area (Å²) in [5.41, 5.74) is 1.00. The average Bonchev–Trinajstić information content (AvgIpc) is 2.67. The second-order valence-electron chi connectivity index (χ2n) is 4.72. The van der Waals surface area contributed by atoms with Crippen LogP contribution in [0, 0.1) is 0 Å². The highest BCUT2D eigenvalue weighted by Crippen LogP contribution is 2.33. The van der Waals surface area contributed by atoms with Crippen LogP contribution in [0.2, 0.25) is 5.15 Å². The fraction of sp³-hybridized carbons (Fsp3) is 0.500. The SMILES string of the molecule is OC1CCC(n2nc(Br)c3cnc(Cl)cc32)CC1. The molecule has 1 aliphatic carbocycles. The Morgan fingerprint density at radius 2 is 2.06 bits per heavy atom. The maximum Gasteiger partial charge on any atom is 0.137 e. The normalized spacial score (nSPS) is 24.6. The van der Waals surface area contributed by atoms with Crippen molar-refractivity contribution >= 4 is 38.4 Å². The van der Waals surface area contributed by atoms with Crippen molar-refractivity contribution in [2.24, 2.45) is 0 Å². The van der Waals surface area contributed by atoms with Crippen molar-refractivity contribution in [2.75, 3.05) is 0 Å². The number of aliphatic hydroxyl groups excluding tert-OH is 1. The third kappa shape index (κ3) is 2.15. The lowest BCUT2D eigenvalue weighted by Crippen LogP contribution is -2.21. The van der Waals surface area contributed by atoms with Gasteiger partial charge in [0, 0.05) is 12.3 Å². The fourth-order valence-corrected chi connectivity index (χ4v) is 3.18. The third-order valence-corrected chi connectivity index (χ3v) is 4.32. The molecule has 0 unspecified atom stereocenters. The van der Waals surface area contributed by atoms with E-state index in [9.17, 15) is 5.11 Å². The van der Waals surface area contributed by atoms with E-state index in [2.05, 4.69) is 26.0 Å². The molecule has 0 amide bonds. The smallest absolute Gasteiger partial charge is 0.137 e. The Balaban J connectivity index is 2.03. The summed E-state index contributed by atoms with van der Waals surface area (Å²) in [5.74, 6) is 0. The van der Waals surface area contributed by atoms with Gasteiger partial charge in [0.25, 0.3) is 0 Å². The van der Waals surface area contributed by atoms with E-state index in [1.54, 1.807) is 6.20 Å². The number of nitrogens with zero attached hydrogens (tertiary/aromatic N) is 3. The highest BCUT2D eigenvalue weighted by atomic mass is 79.9. The molecule has 1 fully saturated rings. The van der Waals surface area contributed by atoms with Crippen LogP contribution in [-0.4, -0.2) is 26.0 Å². The summed E-state index contributed by atoms with van der Waals surface area (Å²) in [6.45, 7) is 0. The first kappa shape index (κ1) is 12.4. The van der Waals surface area contributed by atoms with Gasteiger partial charge in [-0.15, -0.1) is 0 Å². The van der Waals surface area contributed by atoms with Gasteiger partial charge in [0.15, 0.2) is 0 Å². The minimum atomic E-state index is -0.156. The lowest BCUT2D eigenvalue weighted by Gasteiger charge is -2.26. The summed E-state index contributed by atoms with van der Waals surface area (Å²) in [6.07, 6.45) is 5.15. The molecule has 0 bridgehead atoms. The van der Waals surface area contributed by atoms with Gasteiger partial charge in [-0.3, -0.25) is 4.68 Å². The Labute approximate surface area is 118 Å². The summed E-state index contributed by atoms with van der Waals surface area (Å²) in [6, 6.07) is 2.18. The van der Waals surface area contributed by atoms with Gasteiger partial charge in [-0.2, -0.15) is 5.10 Å². The van der Waals surface area contributed by atoms with Gasteiger partial charge in [0.1, 0.15) is 9.76 Å². The summed E-state index contributed by atoms with van der Waals surface area (Å²) in [5, 5.41) is 15.6. The van der Waals surface area contributed by atoms with Crippen LogP contribution >= 0.6 is 27.5 Å². The first-order valence-electron chi connectivity index (χ1n) is 6.02. The van der Waals surface area contributed by atoms with Crippen molar-refractivity contribution in [3.05, 3.63) is 22.0 Å². The molecule has 2 aromatic rings. The second kappa shape index (κ2) is 4.79. The largest absolute Gasteiger partial charge is 0.393 e. The van der Waals surface area contributed by atoms with E-state index in [-0.39, 0.29) is 6.10 Å². The number of hydrogen-bond donors (Lipinski definition) is 1. The van der Waals surface area contributed by atoms with Crippen LogP contribution in [0.5, 0.6) is 0 Å². The minimum absolute atomic E-state index is 0.156. The summed E-state index contributed by atoms with van der Waals surface area (Å²) < 4.78 is 2.81. The maximum atomic E-state index is 9.57. The topological polar surface area (TPSA) is 50.9 Å². The number of hydrogen-bond acceptors (Lipinski definition) is 3. The Morgan fingerprint density at radius 1 is 1.33 bits per heavy atom. The molecular formula is C12H13BrClN3O. The molecule has 3 rings (SSSR count). The predicted molar refractivity (Wildman–Crippen MR) is 73.7 cm³/mol. The van der Waals surface area contributed by atoms with E-state index in [0.29, 0.717) is 11.2 Å². The molecule has 18 heavy (non-hydrogen) atoms. The summed E-state index contributed by atoms with van der Waals surface area (Å²) in [4.78, 5) is 4.08. The first-order chi connectivity index (χ1) is 8.65. The zero-order valence-corrected chi connectivity index (χ0v) is 12.0.